The molecule has 2 aliphatic rings. The van der Waals surface area contributed by atoms with Crippen molar-refractivity contribution in [3.8, 4) is 0 Å². The van der Waals surface area contributed by atoms with E-state index in [1.807, 2.05) is 0 Å². The molecule has 3 atom stereocenters. The van der Waals surface area contributed by atoms with Gasteiger partial charge in [0.25, 0.3) is 0 Å². The number of amides is 1. The zero-order chi connectivity index (χ0) is 18.2. The van der Waals surface area contributed by atoms with E-state index in [4.69, 9.17) is 10.5 Å². The number of hydrogen-bond donors (Lipinski definition) is 2. The fraction of sp³-hybridized carbons (Fsp3) is 0.588. The molecular formula is C17H25N3O4S. The molecule has 2 saturated heterocycles. The first-order valence-corrected chi connectivity index (χ1v) is 10.0. The van der Waals surface area contributed by atoms with Crippen molar-refractivity contribution >= 4 is 15.9 Å². The van der Waals surface area contributed by atoms with Crippen LogP contribution in [0, 0.1) is 5.92 Å². The highest BCUT2D eigenvalue weighted by molar-refractivity contribution is 7.89. The summed E-state index contributed by atoms with van der Waals surface area (Å²) in [5.74, 6) is -0.134. The number of primary amides is 1. The van der Waals surface area contributed by atoms with Crippen molar-refractivity contribution < 1.29 is 17.9 Å². The van der Waals surface area contributed by atoms with Gasteiger partial charge in [0.2, 0.25) is 15.9 Å². The number of nitrogens with zero attached hydrogens (tertiary/aromatic N) is 1. The topological polar surface area (TPSA) is 102 Å². The molecule has 7 nitrogen and oxygen atoms in total. The molecule has 1 aromatic rings. The normalized spacial score (nSPS) is 27.4. The van der Waals surface area contributed by atoms with Crippen LogP contribution in [0.5, 0.6) is 0 Å². The van der Waals surface area contributed by atoms with Crippen LogP contribution in [-0.2, 0) is 14.8 Å². The maximum absolute atomic E-state index is 12.6. The highest BCUT2D eigenvalue weighted by atomic mass is 32.2. The molecule has 1 aromatic carbocycles. The molecule has 2 fully saturated rings. The Morgan fingerprint density at radius 2 is 1.96 bits per heavy atom. The van der Waals surface area contributed by atoms with Gasteiger partial charge in [-0.3, -0.25) is 9.69 Å². The maximum Gasteiger partial charge on any atom is 0.248 e. The van der Waals surface area contributed by atoms with E-state index in [0.29, 0.717) is 19.1 Å². The molecule has 0 radical (unpaired) electrons. The first-order chi connectivity index (χ1) is 11.8. The quantitative estimate of drug-likeness (QED) is 0.792. The molecule has 2 aliphatic heterocycles. The third-order valence-corrected chi connectivity index (χ3v) is 6.50. The van der Waals surface area contributed by atoms with Crippen molar-refractivity contribution in [2.24, 2.45) is 11.7 Å². The Hall–Kier alpha value is -1.48. The highest BCUT2D eigenvalue weighted by Gasteiger charge is 2.39. The van der Waals surface area contributed by atoms with Crippen LogP contribution in [0.15, 0.2) is 29.2 Å². The zero-order valence-electron chi connectivity index (χ0n) is 14.5. The third kappa shape index (κ3) is 4.03. The second-order valence-corrected chi connectivity index (χ2v) is 8.88. The average Bonchev–Trinajstić information content (AvgIpc) is 2.95. The van der Waals surface area contributed by atoms with Crippen LogP contribution >= 0.6 is 0 Å². The number of ether oxygens (including phenoxy) is 1. The summed E-state index contributed by atoms with van der Waals surface area (Å²) in [5, 5.41) is 0. The van der Waals surface area contributed by atoms with Crippen molar-refractivity contribution in [2.45, 2.75) is 43.4 Å². The summed E-state index contributed by atoms with van der Waals surface area (Å²) in [4.78, 5) is 13.6. The second kappa shape index (κ2) is 7.03. The number of carbonyl (C=O) groups is 1. The number of nitrogens with one attached hydrogen (secondary N) is 1. The standard InChI is InChI=1S/C17H25N3O4S/c1-11(2)16-9-20-8-13(7-14(20)10-24-16)19-25(22,23)15-5-3-12(4-6-15)17(18)21/h3-6,11,13-14,16,19H,7-10H2,1-2H3,(H2,18,21)/t13-,14-,16+/m0/s1. The van der Waals surface area contributed by atoms with Crippen LogP contribution in [0.25, 0.3) is 0 Å². The Labute approximate surface area is 148 Å². The lowest BCUT2D eigenvalue weighted by Gasteiger charge is -2.36. The number of benzene rings is 1. The molecule has 138 valence electrons. The van der Waals surface area contributed by atoms with Crippen LogP contribution in [0.1, 0.15) is 30.6 Å². The predicted molar refractivity (Wildman–Crippen MR) is 93.6 cm³/mol. The van der Waals surface area contributed by atoms with Crippen molar-refractivity contribution in [3.05, 3.63) is 29.8 Å². The lowest BCUT2D eigenvalue weighted by Crippen LogP contribution is -2.48. The molecule has 8 heteroatoms. The van der Waals surface area contributed by atoms with Crippen molar-refractivity contribution in [2.75, 3.05) is 19.7 Å². The van der Waals surface area contributed by atoms with Gasteiger partial charge >= 0.3 is 0 Å². The Bertz CT molecular complexity index is 733. The fourth-order valence-corrected chi connectivity index (χ4v) is 4.71. The first kappa shape index (κ1) is 18.3. The molecule has 25 heavy (non-hydrogen) atoms. The molecular weight excluding hydrogens is 342 g/mol. The monoisotopic (exact) mass is 367 g/mol. The van der Waals surface area contributed by atoms with Crippen molar-refractivity contribution in [3.63, 3.8) is 0 Å². The van der Waals surface area contributed by atoms with Crippen LogP contribution in [0.4, 0.5) is 0 Å². The molecule has 0 bridgehead atoms. The van der Waals surface area contributed by atoms with Gasteiger partial charge in [-0.2, -0.15) is 0 Å². The molecule has 0 saturated carbocycles. The van der Waals surface area contributed by atoms with Gasteiger partial charge in [0.15, 0.2) is 0 Å². The summed E-state index contributed by atoms with van der Waals surface area (Å²) >= 11 is 0. The fourth-order valence-electron chi connectivity index (χ4n) is 3.47. The predicted octanol–water partition coefficient (Wildman–Crippen LogP) is 0.562. The molecule has 0 unspecified atom stereocenters. The SMILES string of the molecule is CC(C)[C@H]1CN2C[C@@H](NS(=O)(=O)c3ccc(C(N)=O)cc3)C[C@H]2CO1. The summed E-state index contributed by atoms with van der Waals surface area (Å²) in [6.45, 7) is 6.45. The smallest absolute Gasteiger partial charge is 0.248 e. The second-order valence-electron chi connectivity index (χ2n) is 7.17. The molecule has 2 heterocycles. The Kier molecular flexibility index (Phi) is 5.15. The van der Waals surface area contributed by atoms with E-state index in [2.05, 4.69) is 23.5 Å². The number of carbonyl (C=O) groups excluding carboxylic acids is 1. The summed E-state index contributed by atoms with van der Waals surface area (Å²) in [6.07, 6.45) is 0.941. The van der Waals surface area contributed by atoms with Crippen LogP contribution in [-0.4, -0.2) is 57.1 Å². The summed E-state index contributed by atoms with van der Waals surface area (Å²) in [7, 11) is -3.63. The van der Waals surface area contributed by atoms with Gasteiger partial charge in [-0.15, -0.1) is 0 Å². The van der Waals surface area contributed by atoms with E-state index < -0.39 is 15.9 Å². The first-order valence-electron chi connectivity index (χ1n) is 8.54. The summed E-state index contributed by atoms with van der Waals surface area (Å²) < 4.78 is 33.8. The molecule has 3 rings (SSSR count). The summed E-state index contributed by atoms with van der Waals surface area (Å²) in [5.41, 5.74) is 5.47. The molecule has 0 aromatic heterocycles. The van der Waals surface area contributed by atoms with Gasteiger partial charge in [-0.1, -0.05) is 13.8 Å². The Morgan fingerprint density at radius 1 is 1.28 bits per heavy atom. The van der Waals surface area contributed by atoms with Crippen LogP contribution in [0.3, 0.4) is 0 Å². The van der Waals surface area contributed by atoms with Gasteiger partial charge in [-0.25, -0.2) is 13.1 Å². The van der Waals surface area contributed by atoms with Crippen molar-refractivity contribution in [1.29, 1.82) is 0 Å². The minimum Gasteiger partial charge on any atom is -0.375 e. The third-order valence-electron chi connectivity index (χ3n) is 4.96. The van der Waals surface area contributed by atoms with E-state index in [1.54, 1.807) is 0 Å². The Morgan fingerprint density at radius 3 is 2.56 bits per heavy atom. The average molecular weight is 367 g/mol. The highest BCUT2D eigenvalue weighted by Crippen LogP contribution is 2.26. The van der Waals surface area contributed by atoms with Crippen LogP contribution < -0.4 is 10.5 Å². The van der Waals surface area contributed by atoms with E-state index in [0.717, 1.165) is 13.0 Å². The van der Waals surface area contributed by atoms with E-state index >= 15 is 0 Å². The number of rotatable bonds is 5. The maximum atomic E-state index is 12.6. The van der Waals surface area contributed by atoms with Gasteiger partial charge in [0, 0.05) is 30.7 Å². The van der Waals surface area contributed by atoms with Gasteiger partial charge < -0.3 is 10.5 Å². The van der Waals surface area contributed by atoms with Gasteiger partial charge in [0.1, 0.15) is 0 Å². The molecule has 1 amide bonds. The largest absolute Gasteiger partial charge is 0.375 e. The molecule has 0 aliphatic carbocycles. The molecule has 0 spiro atoms. The number of hydrogen-bond acceptors (Lipinski definition) is 5. The number of sulfonamides is 1. The summed E-state index contributed by atoms with van der Waals surface area (Å²) in [6, 6.07) is 5.79. The lowest BCUT2D eigenvalue weighted by atomic mass is 10.0. The van der Waals surface area contributed by atoms with Crippen LogP contribution in [0.2, 0.25) is 0 Å². The van der Waals surface area contributed by atoms with Gasteiger partial charge in [-0.05, 0) is 36.6 Å². The zero-order valence-corrected chi connectivity index (χ0v) is 15.3. The van der Waals surface area contributed by atoms with E-state index in [1.165, 1.54) is 24.3 Å². The van der Waals surface area contributed by atoms with Gasteiger partial charge in [0.05, 0.1) is 17.6 Å². The Balaban J connectivity index is 1.65. The minimum atomic E-state index is -3.63. The lowest BCUT2D eigenvalue weighted by molar-refractivity contribution is -0.0683. The van der Waals surface area contributed by atoms with E-state index in [-0.39, 0.29) is 28.6 Å². The number of nitrogens with two attached hydrogens (primary N) is 1. The van der Waals surface area contributed by atoms with E-state index in [9.17, 15) is 13.2 Å². The number of morpholine rings is 1. The number of fused-ring (bicyclic) bond motifs is 1. The molecule has 3 N–H and O–H groups in total. The van der Waals surface area contributed by atoms with Crippen molar-refractivity contribution in [1.82, 2.24) is 9.62 Å². The minimum absolute atomic E-state index is 0.138.